The van der Waals surface area contributed by atoms with Gasteiger partial charge in [-0.05, 0) is 90.9 Å². The number of nitrogens with one attached hydrogen (secondary N) is 1. The minimum atomic E-state index is -3.23. The van der Waals surface area contributed by atoms with Crippen LogP contribution in [0.5, 0.6) is 0 Å². The van der Waals surface area contributed by atoms with Crippen molar-refractivity contribution in [3.05, 3.63) is 59.3 Å². The van der Waals surface area contributed by atoms with Crippen LogP contribution in [-0.2, 0) is 12.5 Å². The van der Waals surface area contributed by atoms with Crippen molar-refractivity contribution in [2.24, 2.45) is 5.92 Å². The summed E-state index contributed by atoms with van der Waals surface area (Å²) in [4.78, 5) is 17.8. The van der Waals surface area contributed by atoms with Gasteiger partial charge in [-0.1, -0.05) is 24.4 Å². The monoisotopic (exact) mass is 576 g/mol. The maximum Gasteiger partial charge on any atom is 1.00 e. The van der Waals surface area contributed by atoms with Crippen molar-refractivity contribution in [2.75, 3.05) is 31.5 Å². The fraction of sp³-hybridized carbons (Fsp3) is 0.581. The summed E-state index contributed by atoms with van der Waals surface area (Å²) in [6.07, 6.45) is 7.32. The Morgan fingerprint density at radius 1 is 0.976 bits per heavy atom. The maximum absolute atomic E-state index is 15.6. The van der Waals surface area contributed by atoms with E-state index in [0.29, 0.717) is 55.4 Å². The zero-order valence-corrected chi connectivity index (χ0v) is 26.9. The number of nitrogens with zero attached hydrogens (tertiary/aromatic N) is 5. The Bertz CT molecular complexity index is 1300. The van der Waals surface area contributed by atoms with Crippen LogP contribution in [0.2, 0.25) is 0 Å². The van der Waals surface area contributed by atoms with E-state index in [1.807, 2.05) is 6.07 Å². The van der Waals surface area contributed by atoms with Crippen LogP contribution in [-0.4, -0.2) is 63.0 Å². The summed E-state index contributed by atoms with van der Waals surface area (Å²) in [6, 6.07) is 7.16. The summed E-state index contributed by atoms with van der Waals surface area (Å²) >= 11 is 0. The molecule has 2 aromatic heterocycles. The molecule has 1 aromatic carbocycles. The normalized spacial score (nSPS) is 18.3. The SMILES string of the molecule is CC(C)N1CCC(c2[c-]nc3ncnc(NCc4cccc(C(F)(F)C5CCN(C(C)C)CC5)c4F)c3c2)CC1.[Na+]. The Morgan fingerprint density at radius 3 is 2.24 bits per heavy atom. The molecule has 216 valence electrons. The zero-order valence-electron chi connectivity index (χ0n) is 24.9. The van der Waals surface area contributed by atoms with Gasteiger partial charge in [-0.25, -0.2) is 18.2 Å². The predicted octanol–water partition coefficient (Wildman–Crippen LogP) is 3.38. The van der Waals surface area contributed by atoms with Gasteiger partial charge < -0.3 is 20.1 Å². The molecular weight excluding hydrogens is 536 g/mol. The van der Waals surface area contributed by atoms with Crippen molar-refractivity contribution >= 4 is 16.9 Å². The molecule has 0 radical (unpaired) electrons. The molecule has 10 heteroatoms. The molecule has 0 aliphatic carbocycles. The largest absolute Gasteiger partial charge is 1.00 e. The summed E-state index contributed by atoms with van der Waals surface area (Å²) in [7, 11) is 0. The molecule has 41 heavy (non-hydrogen) atoms. The Balaban J connectivity index is 0.00000387. The molecular formula is C31H40F3N6Na. The number of anilines is 1. The van der Waals surface area contributed by atoms with Crippen LogP contribution in [0.1, 0.15) is 76.0 Å². The van der Waals surface area contributed by atoms with E-state index >= 15 is 13.2 Å². The van der Waals surface area contributed by atoms with Crippen LogP contribution in [0.15, 0.2) is 30.6 Å². The van der Waals surface area contributed by atoms with Gasteiger partial charge in [0.15, 0.2) is 0 Å². The Hall–Kier alpha value is -1.78. The van der Waals surface area contributed by atoms with Crippen LogP contribution in [0.3, 0.4) is 0 Å². The zero-order chi connectivity index (χ0) is 28.4. The molecule has 4 heterocycles. The molecule has 3 aromatic rings. The fourth-order valence-electron chi connectivity index (χ4n) is 6.14. The first-order valence-electron chi connectivity index (χ1n) is 14.6. The molecule has 6 nitrogen and oxygen atoms in total. The van der Waals surface area contributed by atoms with Crippen molar-refractivity contribution in [3.8, 4) is 0 Å². The second-order valence-corrected chi connectivity index (χ2v) is 11.8. The van der Waals surface area contributed by atoms with E-state index in [9.17, 15) is 0 Å². The molecule has 2 saturated heterocycles. The number of benzene rings is 1. The fourth-order valence-corrected chi connectivity index (χ4v) is 6.14. The third-order valence-corrected chi connectivity index (χ3v) is 8.81. The average molecular weight is 577 g/mol. The number of halogens is 3. The number of fused-ring (bicyclic) bond motifs is 1. The summed E-state index contributed by atoms with van der Waals surface area (Å²) in [6.45, 7) is 11.9. The van der Waals surface area contributed by atoms with Gasteiger partial charge in [-0.15, -0.1) is 5.56 Å². The number of piperidine rings is 2. The van der Waals surface area contributed by atoms with Gasteiger partial charge >= 0.3 is 29.6 Å². The van der Waals surface area contributed by atoms with E-state index in [1.165, 1.54) is 18.5 Å². The van der Waals surface area contributed by atoms with Gasteiger partial charge in [0, 0.05) is 30.1 Å². The summed E-state index contributed by atoms with van der Waals surface area (Å²) in [5.41, 5.74) is 1.17. The standard InChI is InChI=1S/C31H40F3N6.Na/c1-20(2)39-12-8-22(9-13-39)24-16-26-29(37-19-38-30(26)36-18-24)35-17-23-6-5-7-27(28(23)32)31(33,34)25-10-14-40(15-11-25)21(3)4;/h5-7,16,19-22,25H,8-15,17H2,1-4H3,(H,35,36,37,38);/q-1;+1. The number of rotatable bonds is 8. The van der Waals surface area contributed by atoms with Gasteiger partial charge in [0.05, 0.1) is 11.2 Å². The van der Waals surface area contributed by atoms with Gasteiger partial charge in [-0.3, -0.25) is 4.98 Å². The first-order chi connectivity index (χ1) is 19.1. The second-order valence-electron chi connectivity index (χ2n) is 11.8. The molecule has 0 saturated carbocycles. The van der Waals surface area contributed by atoms with Crippen molar-refractivity contribution in [2.45, 2.75) is 83.8 Å². The first-order valence-corrected chi connectivity index (χ1v) is 14.6. The van der Waals surface area contributed by atoms with E-state index in [4.69, 9.17) is 0 Å². The van der Waals surface area contributed by atoms with Crippen LogP contribution in [0.4, 0.5) is 19.0 Å². The number of pyridine rings is 1. The number of aromatic nitrogens is 3. The van der Waals surface area contributed by atoms with Crippen LogP contribution in [0, 0.1) is 17.9 Å². The Kier molecular flexibility index (Phi) is 10.7. The van der Waals surface area contributed by atoms with Crippen molar-refractivity contribution in [3.63, 3.8) is 0 Å². The smallest absolute Gasteiger partial charge is 0.369 e. The van der Waals surface area contributed by atoms with Crippen LogP contribution in [0.25, 0.3) is 11.0 Å². The Morgan fingerprint density at radius 2 is 1.61 bits per heavy atom. The predicted molar refractivity (Wildman–Crippen MR) is 152 cm³/mol. The van der Waals surface area contributed by atoms with E-state index < -0.39 is 23.2 Å². The summed E-state index contributed by atoms with van der Waals surface area (Å²) in [5, 5.41) is 3.89. The van der Waals surface area contributed by atoms with Gasteiger partial charge in [0.25, 0.3) is 5.92 Å². The van der Waals surface area contributed by atoms with Crippen LogP contribution < -0.4 is 34.9 Å². The van der Waals surface area contributed by atoms with Gasteiger partial charge in [-0.2, -0.15) is 6.07 Å². The van der Waals surface area contributed by atoms with E-state index in [2.05, 4.69) is 64.0 Å². The molecule has 0 spiro atoms. The minimum Gasteiger partial charge on any atom is -0.369 e. The summed E-state index contributed by atoms with van der Waals surface area (Å²) in [5.74, 6) is -4.11. The Labute approximate surface area is 263 Å². The summed E-state index contributed by atoms with van der Waals surface area (Å²) < 4.78 is 46.7. The number of hydrogen-bond donors (Lipinski definition) is 1. The van der Waals surface area contributed by atoms with E-state index in [-0.39, 0.29) is 41.7 Å². The molecule has 5 rings (SSSR count). The second kappa shape index (κ2) is 13.7. The van der Waals surface area contributed by atoms with E-state index in [1.54, 1.807) is 6.07 Å². The third-order valence-electron chi connectivity index (χ3n) is 8.81. The minimum absolute atomic E-state index is 0. The van der Waals surface area contributed by atoms with E-state index in [0.717, 1.165) is 36.9 Å². The molecule has 2 aliphatic heterocycles. The van der Waals surface area contributed by atoms with Crippen LogP contribution >= 0.6 is 0 Å². The molecule has 0 amide bonds. The molecule has 1 N–H and O–H groups in total. The molecule has 0 unspecified atom stereocenters. The third kappa shape index (κ3) is 7.07. The number of hydrogen-bond acceptors (Lipinski definition) is 6. The van der Waals surface area contributed by atoms with Crippen molar-refractivity contribution in [1.29, 1.82) is 0 Å². The topological polar surface area (TPSA) is 57.2 Å². The molecule has 0 bridgehead atoms. The van der Waals surface area contributed by atoms with Gasteiger partial charge in [0.2, 0.25) is 0 Å². The molecule has 2 fully saturated rings. The first kappa shape index (κ1) is 32.1. The quantitative estimate of drug-likeness (QED) is 0.328. The molecule has 2 aliphatic rings. The maximum atomic E-state index is 15.6. The number of alkyl halides is 2. The number of likely N-dealkylation sites (tertiary alicyclic amines) is 2. The van der Waals surface area contributed by atoms with Gasteiger partial charge in [0.1, 0.15) is 18.0 Å². The van der Waals surface area contributed by atoms with Crippen molar-refractivity contribution < 1.29 is 42.7 Å². The van der Waals surface area contributed by atoms with Crippen molar-refractivity contribution in [1.82, 2.24) is 24.8 Å². The average Bonchev–Trinajstić information content (AvgIpc) is 2.96. The molecule has 0 atom stereocenters.